The van der Waals surface area contributed by atoms with Crippen LogP contribution in [-0.4, -0.2) is 35.1 Å². The van der Waals surface area contributed by atoms with E-state index in [1.165, 1.54) is 32.1 Å². The fourth-order valence-corrected chi connectivity index (χ4v) is 2.93. The quantitative estimate of drug-likeness (QED) is 0.777. The van der Waals surface area contributed by atoms with Gasteiger partial charge in [0.2, 0.25) is 0 Å². The normalized spacial score (nSPS) is 21.4. The van der Waals surface area contributed by atoms with Crippen LogP contribution in [0.5, 0.6) is 0 Å². The number of carbonyl (C=O) groups is 1. The summed E-state index contributed by atoms with van der Waals surface area (Å²) in [6.07, 6.45) is 6.71. The highest BCUT2D eigenvalue weighted by molar-refractivity contribution is 5.69. The minimum atomic E-state index is -0.681. The van der Waals surface area contributed by atoms with Crippen LogP contribution in [0.25, 0.3) is 0 Å². The predicted octanol–water partition coefficient (Wildman–Crippen LogP) is 3.00. The molecule has 100 valence electrons. The lowest BCUT2D eigenvalue weighted by Crippen LogP contribution is -2.42. The summed E-state index contributed by atoms with van der Waals surface area (Å²) in [6, 6.07) is 0.530. The van der Waals surface area contributed by atoms with Gasteiger partial charge in [0, 0.05) is 12.6 Å². The second-order valence-electron chi connectivity index (χ2n) is 5.47. The Kier molecular flexibility index (Phi) is 5.96. The van der Waals surface area contributed by atoms with E-state index in [4.69, 9.17) is 5.11 Å². The molecular weight excluding hydrogens is 214 g/mol. The fourth-order valence-electron chi connectivity index (χ4n) is 2.93. The van der Waals surface area contributed by atoms with Crippen molar-refractivity contribution in [2.24, 2.45) is 11.8 Å². The first-order valence-corrected chi connectivity index (χ1v) is 7.03. The number of rotatable bonds is 6. The van der Waals surface area contributed by atoms with Gasteiger partial charge in [0.05, 0.1) is 5.92 Å². The van der Waals surface area contributed by atoms with Gasteiger partial charge in [0.1, 0.15) is 0 Å². The van der Waals surface area contributed by atoms with Gasteiger partial charge in [-0.25, -0.2) is 0 Å². The van der Waals surface area contributed by atoms with E-state index < -0.39 is 5.97 Å². The summed E-state index contributed by atoms with van der Waals surface area (Å²) in [4.78, 5) is 13.3. The maximum absolute atomic E-state index is 10.9. The summed E-state index contributed by atoms with van der Waals surface area (Å²) in [7, 11) is 0. The third-order valence-corrected chi connectivity index (χ3v) is 4.24. The molecule has 0 aliphatic heterocycles. The van der Waals surface area contributed by atoms with Crippen molar-refractivity contribution < 1.29 is 9.90 Å². The van der Waals surface area contributed by atoms with Gasteiger partial charge < -0.3 is 5.11 Å². The standard InChI is InChI=1S/C14H27NO2/c1-4-15(10-11(2)14(16)17)12(3)13-8-6-5-7-9-13/h11-13H,4-10H2,1-3H3,(H,16,17). The monoisotopic (exact) mass is 241 g/mol. The van der Waals surface area contributed by atoms with E-state index in [1.807, 2.05) is 0 Å². The number of hydrogen-bond acceptors (Lipinski definition) is 2. The van der Waals surface area contributed by atoms with Crippen LogP contribution in [0.2, 0.25) is 0 Å². The number of hydrogen-bond donors (Lipinski definition) is 1. The Morgan fingerprint density at radius 1 is 1.29 bits per heavy atom. The first kappa shape index (κ1) is 14.5. The highest BCUT2D eigenvalue weighted by atomic mass is 16.4. The Morgan fingerprint density at radius 2 is 1.88 bits per heavy atom. The lowest BCUT2D eigenvalue weighted by atomic mass is 9.83. The Hall–Kier alpha value is -0.570. The highest BCUT2D eigenvalue weighted by Gasteiger charge is 2.26. The second-order valence-corrected chi connectivity index (χ2v) is 5.47. The molecule has 0 aromatic heterocycles. The van der Waals surface area contributed by atoms with Gasteiger partial charge >= 0.3 is 5.97 Å². The van der Waals surface area contributed by atoms with Gasteiger partial charge in [0.25, 0.3) is 0 Å². The van der Waals surface area contributed by atoms with Crippen molar-refractivity contribution in [3.63, 3.8) is 0 Å². The molecule has 0 bridgehead atoms. The Morgan fingerprint density at radius 3 is 2.35 bits per heavy atom. The van der Waals surface area contributed by atoms with Crippen molar-refractivity contribution >= 4 is 5.97 Å². The smallest absolute Gasteiger partial charge is 0.307 e. The zero-order chi connectivity index (χ0) is 12.8. The summed E-state index contributed by atoms with van der Waals surface area (Å²) in [6.45, 7) is 7.85. The second kappa shape index (κ2) is 7.00. The van der Waals surface area contributed by atoms with Crippen molar-refractivity contribution in [2.45, 2.75) is 58.9 Å². The maximum Gasteiger partial charge on any atom is 0.307 e. The van der Waals surface area contributed by atoms with E-state index >= 15 is 0 Å². The zero-order valence-electron chi connectivity index (χ0n) is 11.5. The molecule has 17 heavy (non-hydrogen) atoms. The number of carboxylic acid groups (broad SMARTS) is 1. The molecule has 0 radical (unpaired) electrons. The molecule has 0 saturated heterocycles. The molecule has 2 unspecified atom stereocenters. The molecule has 1 aliphatic carbocycles. The molecule has 0 amide bonds. The van der Waals surface area contributed by atoms with Gasteiger partial charge in [-0.1, -0.05) is 33.1 Å². The molecule has 1 aliphatic rings. The van der Waals surface area contributed by atoms with Crippen molar-refractivity contribution in [1.29, 1.82) is 0 Å². The third-order valence-electron chi connectivity index (χ3n) is 4.24. The van der Waals surface area contributed by atoms with Crippen LogP contribution >= 0.6 is 0 Å². The van der Waals surface area contributed by atoms with Crippen molar-refractivity contribution in [1.82, 2.24) is 4.90 Å². The minimum Gasteiger partial charge on any atom is -0.481 e. The van der Waals surface area contributed by atoms with Gasteiger partial charge in [-0.2, -0.15) is 0 Å². The van der Waals surface area contributed by atoms with Crippen LogP contribution in [0.15, 0.2) is 0 Å². The lowest BCUT2D eigenvalue weighted by molar-refractivity contribution is -0.142. The predicted molar refractivity (Wildman–Crippen MR) is 70.1 cm³/mol. The molecule has 0 spiro atoms. The van der Waals surface area contributed by atoms with Crippen molar-refractivity contribution in [3.05, 3.63) is 0 Å². The minimum absolute atomic E-state index is 0.263. The molecular formula is C14H27NO2. The molecule has 1 rings (SSSR count). The van der Waals surface area contributed by atoms with E-state index in [0.717, 1.165) is 12.5 Å². The van der Waals surface area contributed by atoms with Gasteiger partial charge in [-0.15, -0.1) is 0 Å². The van der Waals surface area contributed by atoms with Gasteiger partial charge in [-0.3, -0.25) is 9.69 Å². The first-order valence-electron chi connectivity index (χ1n) is 7.03. The Balaban J connectivity index is 2.50. The van der Waals surface area contributed by atoms with Gasteiger partial charge in [-0.05, 0) is 32.2 Å². The first-order chi connectivity index (χ1) is 8.06. The molecule has 1 N–H and O–H groups in total. The summed E-state index contributed by atoms with van der Waals surface area (Å²) >= 11 is 0. The molecule has 3 heteroatoms. The summed E-state index contributed by atoms with van der Waals surface area (Å²) in [5.74, 6) is -0.176. The maximum atomic E-state index is 10.9. The average molecular weight is 241 g/mol. The fraction of sp³-hybridized carbons (Fsp3) is 0.929. The van der Waals surface area contributed by atoms with E-state index in [2.05, 4.69) is 18.7 Å². The van der Waals surface area contributed by atoms with Crippen molar-refractivity contribution in [2.75, 3.05) is 13.1 Å². The molecule has 2 atom stereocenters. The van der Waals surface area contributed by atoms with Crippen LogP contribution in [0.3, 0.4) is 0 Å². The van der Waals surface area contributed by atoms with Gasteiger partial charge in [0.15, 0.2) is 0 Å². The van der Waals surface area contributed by atoms with Crippen LogP contribution in [0.4, 0.5) is 0 Å². The average Bonchev–Trinajstić information content (AvgIpc) is 2.35. The van der Waals surface area contributed by atoms with Crippen LogP contribution < -0.4 is 0 Å². The van der Waals surface area contributed by atoms with E-state index in [1.54, 1.807) is 6.92 Å². The number of aliphatic carboxylic acids is 1. The van der Waals surface area contributed by atoms with E-state index in [0.29, 0.717) is 12.6 Å². The topological polar surface area (TPSA) is 40.5 Å². The molecule has 0 aromatic rings. The highest BCUT2D eigenvalue weighted by Crippen LogP contribution is 2.29. The molecule has 1 fully saturated rings. The van der Waals surface area contributed by atoms with Crippen LogP contribution in [0, 0.1) is 11.8 Å². The SMILES string of the molecule is CCN(CC(C)C(=O)O)C(C)C1CCCCC1. The summed E-state index contributed by atoms with van der Waals surface area (Å²) < 4.78 is 0. The molecule has 0 heterocycles. The zero-order valence-corrected chi connectivity index (χ0v) is 11.5. The third kappa shape index (κ3) is 4.30. The summed E-state index contributed by atoms with van der Waals surface area (Å²) in [5, 5.41) is 8.99. The van der Waals surface area contributed by atoms with Crippen molar-refractivity contribution in [3.8, 4) is 0 Å². The van der Waals surface area contributed by atoms with Crippen LogP contribution in [0.1, 0.15) is 52.9 Å². The largest absolute Gasteiger partial charge is 0.481 e. The Bertz CT molecular complexity index is 236. The van der Waals surface area contributed by atoms with Crippen LogP contribution in [-0.2, 0) is 4.79 Å². The lowest BCUT2D eigenvalue weighted by Gasteiger charge is -2.36. The molecule has 3 nitrogen and oxygen atoms in total. The number of nitrogens with zero attached hydrogens (tertiary/aromatic N) is 1. The number of carboxylic acids is 1. The summed E-state index contributed by atoms with van der Waals surface area (Å²) in [5.41, 5.74) is 0. The Labute approximate surface area is 105 Å². The molecule has 0 aromatic carbocycles. The molecule has 1 saturated carbocycles. The van der Waals surface area contributed by atoms with E-state index in [9.17, 15) is 4.79 Å². The van der Waals surface area contributed by atoms with E-state index in [-0.39, 0.29) is 5.92 Å².